The van der Waals surface area contributed by atoms with Crippen molar-refractivity contribution in [2.45, 2.75) is 11.2 Å². The highest BCUT2D eigenvalue weighted by atomic mass is 127. The van der Waals surface area contributed by atoms with E-state index in [4.69, 9.17) is 23.2 Å². The molecule has 1 atom stereocenters. The fraction of sp³-hybridized carbons (Fsp3) is 0.143. The van der Waals surface area contributed by atoms with Crippen molar-refractivity contribution in [3.05, 3.63) is 67.2 Å². The third-order valence-electron chi connectivity index (χ3n) is 2.63. The first-order chi connectivity index (χ1) is 8.56. The Morgan fingerprint density at radius 3 is 2.33 bits per heavy atom. The first kappa shape index (κ1) is 14.6. The molecule has 0 saturated carbocycles. The van der Waals surface area contributed by atoms with Crippen LogP contribution in [0.1, 0.15) is 16.0 Å². The monoisotopic (exact) mass is 454 g/mol. The largest absolute Gasteiger partial charge is 0.0843 e. The van der Waals surface area contributed by atoms with E-state index in [1.165, 1.54) is 11.1 Å². The van der Waals surface area contributed by atoms with Gasteiger partial charge in [0, 0.05) is 13.4 Å². The van der Waals surface area contributed by atoms with Crippen LogP contribution in [0.25, 0.3) is 0 Å². The number of benzene rings is 2. The van der Waals surface area contributed by atoms with Crippen molar-refractivity contribution in [2.75, 3.05) is 0 Å². The van der Waals surface area contributed by atoms with Gasteiger partial charge in [0.25, 0.3) is 0 Å². The van der Waals surface area contributed by atoms with Crippen LogP contribution in [0.5, 0.6) is 0 Å². The Bertz CT molecular complexity index is 540. The van der Waals surface area contributed by atoms with Crippen LogP contribution in [0, 0.1) is 3.57 Å². The fourth-order valence-electron chi connectivity index (χ4n) is 1.65. The normalized spacial score (nSPS) is 12.4. The highest BCUT2D eigenvalue weighted by molar-refractivity contribution is 14.1. The van der Waals surface area contributed by atoms with E-state index in [1.807, 2.05) is 36.4 Å². The maximum absolute atomic E-state index is 6.14. The zero-order chi connectivity index (χ0) is 13.1. The van der Waals surface area contributed by atoms with Crippen LogP contribution in [0.4, 0.5) is 0 Å². The maximum atomic E-state index is 6.14. The molecule has 0 N–H and O–H groups in total. The Kier molecular flexibility index (Phi) is 5.36. The van der Waals surface area contributed by atoms with Gasteiger partial charge in [-0.05, 0) is 64.4 Å². The van der Waals surface area contributed by atoms with Crippen molar-refractivity contribution in [3.8, 4) is 0 Å². The molecule has 2 aromatic rings. The molecule has 1 unspecified atom stereocenters. The zero-order valence-electron chi connectivity index (χ0n) is 9.34. The molecule has 0 bridgehead atoms. The summed E-state index contributed by atoms with van der Waals surface area (Å²) in [4.78, 5) is 0.258. The van der Waals surface area contributed by atoms with Crippen LogP contribution in [-0.4, -0.2) is 0 Å². The summed E-state index contributed by atoms with van der Waals surface area (Å²) in [5.74, 6) is 0. The lowest BCUT2D eigenvalue weighted by molar-refractivity contribution is 0.948. The summed E-state index contributed by atoms with van der Waals surface area (Å²) in [5, 5.41) is 1.57. The molecule has 2 rings (SSSR count). The van der Waals surface area contributed by atoms with Gasteiger partial charge < -0.3 is 0 Å². The number of alkyl halides is 1. The second-order valence-corrected chi connectivity index (χ2v) is 7.08. The Hall–Kier alpha value is 0.230. The van der Waals surface area contributed by atoms with Crippen LogP contribution < -0.4 is 0 Å². The van der Waals surface area contributed by atoms with E-state index in [0.717, 1.165) is 20.0 Å². The van der Waals surface area contributed by atoms with Crippen LogP contribution >= 0.6 is 61.7 Å². The first-order valence-corrected chi connectivity index (χ1v) is 8.15. The predicted molar refractivity (Wildman–Crippen MR) is 91.0 cm³/mol. The Balaban J connectivity index is 2.13. The van der Waals surface area contributed by atoms with E-state index in [9.17, 15) is 0 Å². The van der Waals surface area contributed by atoms with Gasteiger partial charge in [-0.25, -0.2) is 0 Å². The second kappa shape index (κ2) is 6.60. The van der Waals surface area contributed by atoms with Gasteiger partial charge in [-0.1, -0.05) is 57.3 Å². The van der Waals surface area contributed by atoms with Crippen LogP contribution in [0.15, 0.2) is 42.5 Å². The zero-order valence-corrected chi connectivity index (χ0v) is 14.6. The summed E-state index contributed by atoms with van der Waals surface area (Å²) in [7, 11) is 0. The molecule has 0 saturated heterocycles. The molecule has 0 amide bonds. The minimum absolute atomic E-state index is 0.258. The van der Waals surface area contributed by atoms with Crippen LogP contribution in [-0.2, 0) is 6.42 Å². The van der Waals surface area contributed by atoms with Crippen LogP contribution in [0.3, 0.4) is 0 Å². The van der Waals surface area contributed by atoms with Gasteiger partial charge in [-0.15, -0.1) is 0 Å². The standard InChI is InChI=1S/C14H10BrCl2I/c15-12(7-9-1-4-11(16)5-2-9)10-3-6-14(18)13(17)8-10/h1-6,8,12H,7H2. The summed E-state index contributed by atoms with van der Waals surface area (Å²) < 4.78 is 1.07. The van der Waals surface area contributed by atoms with Gasteiger partial charge in [-0.3, -0.25) is 0 Å². The summed E-state index contributed by atoms with van der Waals surface area (Å²) in [5.41, 5.74) is 2.44. The van der Waals surface area contributed by atoms with Crippen molar-refractivity contribution in [3.63, 3.8) is 0 Å². The minimum atomic E-state index is 0.258. The topological polar surface area (TPSA) is 0 Å². The summed E-state index contributed by atoms with van der Waals surface area (Å²) in [6.07, 6.45) is 0.911. The van der Waals surface area contributed by atoms with E-state index in [2.05, 4.69) is 44.6 Å². The minimum Gasteiger partial charge on any atom is -0.0843 e. The molecule has 2 aromatic carbocycles. The smallest absolute Gasteiger partial charge is 0.0542 e. The molecule has 0 radical (unpaired) electrons. The van der Waals surface area contributed by atoms with Crippen LogP contribution in [0.2, 0.25) is 10.0 Å². The molecular weight excluding hydrogens is 446 g/mol. The van der Waals surface area contributed by atoms with Gasteiger partial charge >= 0.3 is 0 Å². The molecule has 94 valence electrons. The quantitative estimate of drug-likeness (QED) is 0.377. The van der Waals surface area contributed by atoms with E-state index >= 15 is 0 Å². The van der Waals surface area contributed by atoms with Gasteiger partial charge in [0.1, 0.15) is 0 Å². The molecular formula is C14H10BrCl2I. The summed E-state index contributed by atoms with van der Waals surface area (Å²) in [6.45, 7) is 0. The van der Waals surface area contributed by atoms with Crippen molar-refractivity contribution in [1.29, 1.82) is 0 Å². The van der Waals surface area contributed by atoms with E-state index in [1.54, 1.807) is 0 Å². The average molecular weight is 456 g/mol. The molecule has 0 spiro atoms. The molecule has 18 heavy (non-hydrogen) atoms. The maximum Gasteiger partial charge on any atom is 0.0542 e. The van der Waals surface area contributed by atoms with E-state index in [-0.39, 0.29) is 4.83 Å². The predicted octanol–water partition coefficient (Wildman–Crippen LogP) is 6.28. The second-order valence-electron chi connectivity index (χ2n) is 3.97. The highest BCUT2D eigenvalue weighted by Crippen LogP contribution is 2.30. The van der Waals surface area contributed by atoms with Gasteiger partial charge in [0.15, 0.2) is 0 Å². The van der Waals surface area contributed by atoms with E-state index in [0.29, 0.717) is 0 Å². The lowest BCUT2D eigenvalue weighted by Gasteiger charge is -2.11. The van der Waals surface area contributed by atoms with E-state index < -0.39 is 0 Å². The molecule has 0 aliphatic heterocycles. The summed E-state index contributed by atoms with van der Waals surface area (Å²) in [6, 6.07) is 14.1. The highest BCUT2D eigenvalue weighted by Gasteiger charge is 2.10. The first-order valence-electron chi connectivity index (χ1n) is 5.40. The van der Waals surface area contributed by atoms with Crippen molar-refractivity contribution < 1.29 is 0 Å². The van der Waals surface area contributed by atoms with Crippen molar-refractivity contribution >= 4 is 61.7 Å². The van der Waals surface area contributed by atoms with Crippen molar-refractivity contribution in [1.82, 2.24) is 0 Å². The fourth-order valence-corrected chi connectivity index (χ4v) is 2.96. The lowest BCUT2D eigenvalue weighted by atomic mass is 10.0. The summed E-state index contributed by atoms with van der Waals surface area (Å²) >= 11 is 17.9. The molecule has 0 nitrogen and oxygen atoms in total. The Morgan fingerprint density at radius 2 is 1.72 bits per heavy atom. The molecule has 0 heterocycles. The molecule has 0 aromatic heterocycles. The van der Waals surface area contributed by atoms with Gasteiger partial charge in [0.05, 0.1) is 5.02 Å². The Labute approximate surface area is 139 Å². The molecule has 0 fully saturated rings. The number of rotatable bonds is 3. The SMILES string of the molecule is Clc1ccc(CC(Br)c2ccc(I)c(Cl)c2)cc1. The lowest BCUT2D eigenvalue weighted by Crippen LogP contribution is -1.95. The molecule has 0 aliphatic rings. The molecule has 4 heteroatoms. The Morgan fingerprint density at radius 1 is 1.06 bits per heavy atom. The average Bonchev–Trinajstić information content (AvgIpc) is 2.35. The number of hydrogen-bond acceptors (Lipinski definition) is 0. The van der Waals surface area contributed by atoms with Gasteiger partial charge in [0.2, 0.25) is 0 Å². The third-order valence-corrected chi connectivity index (χ3v) is 5.31. The molecule has 0 aliphatic carbocycles. The third kappa shape index (κ3) is 3.86. The van der Waals surface area contributed by atoms with Crippen molar-refractivity contribution in [2.24, 2.45) is 0 Å². The number of hydrogen-bond donors (Lipinski definition) is 0. The van der Waals surface area contributed by atoms with Gasteiger partial charge in [-0.2, -0.15) is 0 Å². The number of halogens is 4.